The van der Waals surface area contributed by atoms with Crippen molar-refractivity contribution in [2.75, 3.05) is 24.6 Å². The quantitative estimate of drug-likeness (QED) is 0.216. The smallest absolute Gasteiger partial charge is 0.493 e. The topological polar surface area (TPSA) is 112 Å². The van der Waals surface area contributed by atoms with Crippen molar-refractivity contribution < 1.29 is 29.3 Å². The molecule has 3 N–H and O–H groups in total. The standard InChI is InChI=1S/C28H28N2O6/c31-27(32)19-13-15-30(16-14-19)23-11-4-9-21-22(26(29-25(21)23)36-28(33)34)10-5-17-35-24-12-3-7-18-6-1-2-8-20(18)24/h1-4,6-9,11-12,19,29H,5,10,13-17H2,(H,31,32)(H,33,34). The average Bonchev–Trinajstić information content (AvgIpc) is 3.23. The normalized spacial score (nSPS) is 14.3. The van der Waals surface area contributed by atoms with Crippen LogP contribution in [0.4, 0.5) is 10.5 Å². The number of hydrogen-bond donors (Lipinski definition) is 3. The van der Waals surface area contributed by atoms with Crippen LogP contribution in [-0.2, 0) is 11.2 Å². The summed E-state index contributed by atoms with van der Waals surface area (Å²) in [6.45, 7) is 1.71. The molecule has 0 atom stereocenters. The number of aromatic amines is 1. The van der Waals surface area contributed by atoms with Gasteiger partial charge >= 0.3 is 12.1 Å². The van der Waals surface area contributed by atoms with Crippen LogP contribution in [0.2, 0.25) is 0 Å². The number of piperidine rings is 1. The fraction of sp³-hybridized carbons (Fsp3) is 0.286. The number of nitrogens with one attached hydrogen (secondary N) is 1. The average molecular weight is 489 g/mol. The van der Waals surface area contributed by atoms with E-state index in [1.807, 2.05) is 60.7 Å². The number of carboxylic acids is 1. The first-order chi connectivity index (χ1) is 17.5. The number of ether oxygens (including phenoxy) is 2. The first-order valence-electron chi connectivity index (χ1n) is 12.1. The molecule has 0 aliphatic carbocycles. The number of H-pyrrole nitrogens is 1. The molecule has 0 amide bonds. The summed E-state index contributed by atoms with van der Waals surface area (Å²) in [6, 6.07) is 19.9. The summed E-state index contributed by atoms with van der Waals surface area (Å²) in [6.07, 6.45) is 1.00. The van der Waals surface area contributed by atoms with Crippen LogP contribution in [0, 0.1) is 5.92 Å². The van der Waals surface area contributed by atoms with Crippen LogP contribution in [0.1, 0.15) is 24.8 Å². The number of carboxylic acid groups (broad SMARTS) is 2. The van der Waals surface area contributed by atoms with E-state index in [9.17, 15) is 19.8 Å². The minimum atomic E-state index is -1.38. The molecule has 8 nitrogen and oxygen atoms in total. The number of nitrogens with zero attached hydrogens (tertiary/aromatic N) is 1. The molecule has 4 aromatic rings. The lowest BCUT2D eigenvalue weighted by Crippen LogP contribution is -2.36. The van der Waals surface area contributed by atoms with Gasteiger partial charge in [0.25, 0.3) is 0 Å². The lowest BCUT2D eigenvalue weighted by molar-refractivity contribution is -0.142. The SMILES string of the molecule is O=C(O)Oc1[nH]c2c(N3CCC(C(=O)O)CC3)cccc2c1CCCOc1cccc2ccccc12. The van der Waals surface area contributed by atoms with Gasteiger partial charge in [-0.2, -0.15) is 0 Å². The van der Waals surface area contributed by atoms with E-state index in [0.29, 0.717) is 45.4 Å². The molecular formula is C28H28N2O6. The number of para-hydroxylation sites is 1. The van der Waals surface area contributed by atoms with Gasteiger partial charge < -0.3 is 29.6 Å². The number of anilines is 1. The van der Waals surface area contributed by atoms with Crippen LogP contribution >= 0.6 is 0 Å². The van der Waals surface area contributed by atoms with Gasteiger partial charge in [-0.1, -0.05) is 48.5 Å². The highest BCUT2D eigenvalue weighted by molar-refractivity contribution is 5.96. The fourth-order valence-corrected chi connectivity index (χ4v) is 5.04. The van der Waals surface area contributed by atoms with Crippen molar-refractivity contribution in [3.63, 3.8) is 0 Å². The van der Waals surface area contributed by atoms with Gasteiger partial charge in [0, 0.05) is 29.4 Å². The Hall–Kier alpha value is -4.20. The maximum absolute atomic E-state index is 11.4. The van der Waals surface area contributed by atoms with Crippen LogP contribution in [0.15, 0.2) is 60.7 Å². The molecule has 8 heteroatoms. The highest BCUT2D eigenvalue weighted by Gasteiger charge is 2.26. The number of rotatable bonds is 8. The minimum absolute atomic E-state index is 0.218. The first-order valence-corrected chi connectivity index (χ1v) is 12.1. The predicted molar refractivity (Wildman–Crippen MR) is 137 cm³/mol. The number of aromatic nitrogens is 1. The van der Waals surface area contributed by atoms with E-state index in [4.69, 9.17) is 9.47 Å². The third-order valence-electron chi connectivity index (χ3n) is 6.83. The largest absolute Gasteiger partial charge is 0.512 e. The van der Waals surface area contributed by atoms with E-state index in [1.165, 1.54) is 0 Å². The molecule has 36 heavy (non-hydrogen) atoms. The van der Waals surface area contributed by atoms with Crippen molar-refractivity contribution in [3.05, 3.63) is 66.2 Å². The summed E-state index contributed by atoms with van der Waals surface area (Å²) in [5, 5.41) is 21.7. The number of hydrogen-bond acceptors (Lipinski definition) is 5. The molecule has 0 spiro atoms. The zero-order chi connectivity index (χ0) is 25.1. The predicted octanol–water partition coefficient (Wildman–Crippen LogP) is 5.69. The Morgan fingerprint density at radius 2 is 1.67 bits per heavy atom. The van der Waals surface area contributed by atoms with Crippen molar-refractivity contribution in [2.45, 2.75) is 25.7 Å². The molecule has 186 valence electrons. The second-order valence-electron chi connectivity index (χ2n) is 9.03. The van der Waals surface area contributed by atoms with Crippen molar-refractivity contribution in [2.24, 2.45) is 5.92 Å². The molecule has 2 heterocycles. The Labute approximate surface area is 208 Å². The van der Waals surface area contributed by atoms with Gasteiger partial charge in [0.2, 0.25) is 5.88 Å². The van der Waals surface area contributed by atoms with Gasteiger partial charge in [0.05, 0.1) is 23.7 Å². The van der Waals surface area contributed by atoms with Gasteiger partial charge in [-0.15, -0.1) is 0 Å². The zero-order valence-corrected chi connectivity index (χ0v) is 19.8. The lowest BCUT2D eigenvalue weighted by atomic mass is 9.96. The van der Waals surface area contributed by atoms with Crippen molar-refractivity contribution in [1.29, 1.82) is 0 Å². The van der Waals surface area contributed by atoms with Gasteiger partial charge in [-0.3, -0.25) is 4.79 Å². The van der Waals surface area contributed by atoms with Gasteiger partial charge in [0.15, 0.2) is 0 Å². The highest BCUT2D eigenvalue weighted by Crippen LogP contribution is 2.36. The van der Waals surface area contributed by atoms with E-state index < -0.39 is 12.1 Å². The zero-order valence-electron chi connectivity index (χ0n) is 19.8. The molecule has 1 aliphatic rings. The molecule has 0 saturated carbocycles. The summed E-state index contributed by atoms with van der Waals surface area (Å²) >= 11 is 0. The molecule has 0 bridgehead atoms. The summed E-state index contributed by atoms with van der Waals surface area (Å²) in [5.74, 6) is -0.0400. The third-order valence-corrected chi connectivity index (χ3v) is 6.83. The van der Waals surface area contributed by atoms with E-state index in [2.05, 4.69) is 9.88 Å². The Morgan fingerprint density at radius 1 is 0.944 bits per heavy atom. The second kappa shape index (κ2) is 10.2. The van der Waals surface area contributed by atoms with E-state index in [0.717, 1.165) is 38.7 Å². The number of aliphatic carboxylic acids is 1. The molecule has 1 aromatic heterocycles. The molecule has 5 rings (SSSR count). The summed E-state index contributed by atoms with van der Waals surface area (Å²) in [7, 11) is 0. The summed E-state index contributed by atoms with van der Waals surface area (Å²) in [5.41, 5.74) is 2.51. The van der Waals surface area contributed by atoms with Crippen molar-refractivity contribution >= 4 is 39.5 Å². The Morgan fingerprint density at radius 3 is 2.44 bits per heavy atom. The molecular weight excluding hydrogens is 460 g/mol. The molecule has 0 unspecified atom stereocenters. The lowest BCUT2D eigenvalue weighted by Gasteiger charge is -2.32. The van der Waals surface area contributed by atoms with Gasteiger partial charge in [-0.25, -0.2) is 4.79 Å². The van der Waals surface area contributed by atoms with Crippen molar-refractivity contribution in [1.82, 2.24) is 4.98 Å². The minimum Gasteiger partial charge on any atom is -0.493 e. The number of benzene rings is 3. The van der Waals surface area contributed by atoms with Crippen LogP contribution in [0.25, 0.3) is 21.7 Å². The van der Waals surface area contributed by atoms with Crippen LogP contribution in [0.3, 0.4) is 0 Å². The third kappa shape index (κ3) is 4.79. The van der Waals surface area contributed by atoms with E-state index in [1.54, 1.807) is 0 Å². The Bertz CT molecular complexity index is 1400. The molecule has 0 radical (unpaired) electrons. The summed E-state index contributed by atoms with van der Waals surface area (Å²) < 4.78 is 11.2. The fourth-order valence-electron chi connectivity index (χ4n) is 5.04. The van der Waals surface area contributed by atoms with Gasteiger partial charge in [-0.05, 0) is 43.2 Å². The number of aryl methyl sites for hydroxylation is 1. The molecule has 1 aliphatic heterocycles. The molecule has 3 aromatic carbocycles. The van der Waals surface area contributed by atoms with Gasteiger partial charge in [0.1, 0.15) is 5.75 Å². The number of fused-ring (bicyclic) bond motifs is 2. The van der Waals surface area contributed by atoms with Crippen LogP contribution in [0.5, 0.6) is 11.6 Å². The second-order valence-corrected chi connectivity index (χ2v) is 9.03. The van der Waals surface area contributed by atoms with E-state index >= 15 is 0 Å². The van der Waals surface area contributed by atoms with Crippen LogP contribution < -0.4 is 14.4 Å². The van der Waals surface area contributed by atoms with Crippen molar-refractivity contribution in [3.8, 4) is 11.6 Å². The molecule has 1 fully saturated rings. The monoisotopic (exact) mass is 488 g/mol. The Kier molecular flexibility index (Phi) is 6.66. The molecule has 1 saturated heterocycles. The van der Waals surface area contributed by atoms with Crippen LogP contribution in [-0.4, -0.2) is 47.0 Å². The summed E-state index contributed by atoms with van der Waals surface area (Å²) in [4.78, 5) is 28.0. The highest BCUT2D eigenvalue weighted by atomic mass is 16.7. The maximum Gasteiger partial charge on any atom is 0.512 e. The Balaban J connectivity index is 1.35. The first kappa shape index (κ1) is 23.5. The van der Waals surface area contributed by atoms with E-state index in [-0.39, 0.29) is 11.8 Å². The maximum atomic E-state index is 11.4. The number of carbonyl (C=O) groups is 2.